The van der Waals surface area contributed by atoms with E-state index < -0.39 is 0 Å². The fraction of sp³-hybridized carbons (Fsp3) is 0.667. The van der Waals surface area contributed by atoms with Gasteiger partial charge in [-0.1, -0.05) is 20.8 Å². The molecule has 0 aliphatic carbocycles. The van der Waals surface area contributed by atoms with Crippen LogP contribution in [0.2, 0.25) is 0 Å². The number of carbonyl (C=O) groups excluding carboxylic acids is 1. The number of aromatic nitrogens is 2. The van der Waals surface area contributed by atoms with Crippen molar-refractivity contribution in [1.82, 2.24) is 14.9 Å². The van der Waals surface area contributed by atoms with Crippen molar-refractivity contribution in [3.63, 3.8) is 0 Å². The first kappa shape index (κ1) is 15.7. The minimum Gasteiger partial charge on any atom is -0.337 e. The molecule has 1 aromatic rings. The Bertz CT molecular complexity index is 503. The smallest absolute Gasteiger partial charge is 0.274 e. The summed E-state index contributed by atoms with van der Waals surface area (Å²) >= 11 is 0. The van der Waals surface area contributed by atoms with Crippen molar-refractivity contribution in [1.29, 1.82) is 0 Å². The number of hydrazine groups is 1. The summed E-state index contributed by atoms with van der Waals surface area (Å²) < 4.78 is 0. The molecule has 21 heavy (non-hydrogen) atoms. The molecule has 0 bridgehead atoms. The molecular formula is C15H25N5O. The van der Waals surface area contributed by atoms with Gasteiger partial charge in [0.25, 0.3) is 5.91 Å². The molecule has 2 rings (SSSR count). The molecule has 0 saturated carbocycles. The van der Waals surface area contributed by atoms with Crippen LogP contribution in [0.4, 0.5) is 5.69 Å². The van der Waals surface area contributed by atoms with E-state index in [9.17, 15) is 4.79 Å². The van der Waals surface area contributed by atoms with Crippen molar-refractivity contribution in [3.8, 4) is 0 Å². The van der Waals surface area contributed by atoms with Crippen molar-refractivity contribution in [2.24, 2.45) is 11.8 Å². The maximum Gasteiger partial charge on any atom is 0.274 e. The zero-order valence-electron chi connectivity index (χ0n) is 13.1. The third-order valence-corrected chi connectivity index (χ3v) is 3.99. The molecule has 2 heterocycles. The van der Waals surface area contributed by atoms with Crippen LogP contribution in [0.15, 0.2) is 6.20 Å². The van der Waals surface area contributed by atoms with Gasteiger partial charge in [-0.05, 0) is 25.2 Å². The summed E-state index contributed by atoms with van der Waals surface area (Å²) in [5.74, 6) is 6.96. The molecular weight excluding hydrogens is 266 g/mol. The molecule has 3 N–H and O–H groups in total. The van der Waals surface area contributed by atoms with E-state index in [0.717, 1.165) is 25.9 Å². The zero-order chi connectivity index (χ0) is 15.4. The number of hydrogen-bond acceptors (Lipinski definition) is 5. The Morgan fingerprint density at radius 1 is 1.43 bits per heavy atom. The molecule has 1 aliphatic heterocycles. The minimum atomic E-state index is -0.0543. The van der Waals surface area contributed by atoms with Crippen LogP contribution in [0.5, 0.6) is 0 Å². The number of nitrogens with two attached hydrogens (primary N) is 1. The number of anilines is 1. The minimum absolute atomic E-state index is 0.0543. The molecule has 1 aliphatic rings. The third kappa shape index (κ3) is 3.69. The summed E-state index contributed by atoms with van der Waals surface area (Å²) in [6.07, 6.45) is 4.85. The molecule has 1 amide bonds. The number of nitrogens with zero attached hydrogens (tertiary/aromatic N) is 3. The average Bonchev–Trinajstić information content (AvgIpc) is 2.70. The molecule has 0 aromatic carbocycles. The van der Waals surface area contributed by atoms with E-state index in [1.54, 1.807) is 6.20 Å². The van der Waals surface area contributed by atoms with Gasteiger partial charge in [0.2, 0.25) is 0 Å². The lowest BCUT2D eigenvalue weighted by atomic mass is 10.0. The molecule has 116 valence electrons. The quantitative estimate of drug-likeness (QED) is 0.658. The number of likely N-dealkylation sites (tertiary alicyclic amines) is 1. The number of rotatable bonds is 3. The van der Waals surface area contributed by atoms with Crippen LogP contribution in [0.1, 0.15) is 62.3 Å². The monoisotopic (exact) mass is 291 g/mol. The first-order valence-electron chi connectivity index (χ1n) is 7.65. The van der Waals surface area contributed by atoms with Crippen molar-refractivity contribution in [2.45, 2.75) is 46.0 Å². The van der Waals surface area contributed by atoms with Crippen molar-refractivity contribution in [2.75, 3.05) is 18.5 Å². The van der Waals surface area contributed by atoms with Gasteiger partial charge >= 0.3 is 0 Å². The number of amides is 1. The lowest BCUT2D eigenvalue weighted by molar-refractivity contribution is 0.0755. The van der Waals surface area contributed by atoms with E-state index in [-0.39, 0.29) is 11.8 Å². The molecule has 1 fully saturated rings. The molecule has 1 atom stereocenters. The highest BCUT2D eigenvalue weighted by Gasteiger charge is 2.24. The fourth-order valence-corrected chi connectivity index (χ4v) is 2.56. The van der Waals surface area contributed by atoms with Crippen LogP contribution in [0.3, 0.4) is 0 Å². The second-order valence-electron chi connectivity index (χ2n) is 6.12. The first-order valence-corrected chi connectivity index (χ1v) is 7.65. The Hall–Kier alpha value is -1.69. The van der Waals surface area contributed by atoms with Crippen LogP contribution in [0.25, 0.3) is 0 Å². The number of nitrogen functional groups attached to an aromatic ring is 1. The van der Waals surface area contributed by atoms with Gasteiger partial charge < -0.3 is 10.3 Å². The second-order valence-corrected chi connectivity index (χ2v) is 6.12. The highest BCUT2D eigenvalue weighted by atomic mass is 16.2. The van der Waals surface area contributed by atoms with Crippen molar-refractivity contribution >= 4 is 11.6 Å². The maximum absolute atomic E-state index is 12.8. The first-order chi connectivity index (χ1) is 10.0. The normalized spacial score (nSPS) is 19.5. The molecule has 1 unspecified atom stereocenters. The topological polar surface area (TPSA) is 84.1 Å². The molecule has 6 heteroatoms. The molecule has 0 spiro atoms. The fourth-order valence-electron chi connectivity index (χ4n) is 2.56. The zero-order valence-corrected chi connectivity index (χ0v) is 13.1. The van der Waals surface area contributed by atoms with Crippen LogP contribution >= 0.6 is 0 Å². The van der Waals surface area contributed by atoms with Gasteiger partial charge in [0.1, 0.15) is 5.82 Å². The third-order valence-electron chi connectivity index (χ3n) is 3.99. The average molecular weight is 291 g/mol. The van der Waals surface area contributed by atoms with Crippen LogP contribution in [-0.2, 0) is 0 Å². The number of carbonyl (C=O) groups is 1. The van der Waals surface area contributed by atoms with Gasteiger partial charge in [-0.25, -0.2) is 9.97 Å². The summed E-state index contributed by atoms with van der Waals surface area (Å²) in [5.41, 5.74) is 3.40. The maximum atomic E-state index is 12.8. The Morgan fingerprint density at radius 3 is 2.86 bits per heavy atom. The number of nitrogens with one attached hydrogen (secondary N) is 1. The van der Waals surface area contributed by atoms with E-state index in [2.05, 4.69) is 22.3 Å². The summed E-state index contributed by atoms with van der Waals surface area (Å²) in [6.45, 7) is 7.82. The van der Waals surface area contributed by atoms with Gasteiger partial charge in [0.15, 0.2) is 5.69 Å². The summed E-state index contributed by atoms with van der Waals surface area (Å²) in [4.78, 5) is 23.3. The van der Waals surface area contributed by atoms with Gasteiger partial charge in [-0.3, -0.25) is 10.6 Å². The predicted octanol–water partition coefficient (Wildman–Crippen LogP) is 2.15. The van der Waals surface area contributed by atoms with Gasteiger partial charge in [0, 0.05) is 19.0 Å². The van der Waals surface area contributed by atoms with E-state index >= 15 is 0 Å². The highest BCUT2D eigenvalue weighted by molar-refractivity contribution is 5.97. The highest BCUT2D eigenvalue weighted by Crippen LogP contribution is 2.21. The van der Waals surface area contributed by atoms with Crippen molar-refractivity contribution < 1.29 is 4.79 Å². The SMILES string of the molecule is CC1CCCN(C(=O)c2nc(C(C)C)ncc2NN)CC1. The molecule has 1 saturated heterocycles. The number of hydrogen-bond donors (Lipinski definition) is 2. The Labute approximate surface area is 126 Å². The largest absolute Gasteiger partial charge is 0.337 e. The summed E-state index contributed by atoms with van der Waals surface area (Å²) in [7, 11) is 0. The standard InChI is InChI=1S/C15H25N5O/c1-10(2)14-17-9-12(19-16)13(18-14)15(21)20-7-4-5-11(3)6-8-20/h9-11,19H,4-8,16H2,1-3H3. The Kier molecular flexibility index (Phi) is 5.12. The molecule has 1 aromatic heterocycles. The van der Waals surface area contributed by atoms with Gasteiger partial charge in [-0.15, -0.1) is 0 Å². The Balaban J connectivity index is 2.26. The predicted molar refractivity (Wildman–Crippen MR) is 82.8 cm³/mol. The second kappa shape index (κ2) is 6.85. The van der Waals surface area contributed by atoms with E-state index in [1.165, 1.54) is 6.42 Å². The summed E-state index contributed by atoms with van der Waals surface area (Å²) in [5, 5.41) is 0. The molecule has 0 radical (unpaired) electrons. The van der Waals surface area contributed by atoms with Gasteiger partial charge in [0.05, 0.1) is 11.9 Å². The van der Waals surface area contributed by atoms with E-state index in [0.29, 0.717) is 23.1 Å². The Morgan fingerprint density at radius 2 is 2.19 bits per heavy atom. The molecule has 6 nitrogen and oxygen atoms in total. The van der Waals surface area contributed by atoms with Crippen LogP contribution < -0.4 is 11.3 Å². The lowest BCUT2D eigenvalue weighted by Crippen LogP contribution is -2.34. The van der Waals surface area contributed by atoms with E-state index in [1.807, 2.05) is 18.7 Å². The van der Waals surface area contributed by atoms with Crippen LogP contribution in [0, 0.1) is 5.92 Å². The van der Waals surface area contributed by atoms with Gasteiger partial charge in [-0.2, -0.15) is 0 Å². The summed E-state index contributed by atoms with van der Waals surface area (Å²) in [6, 6.07) is 0. The van der Waals surface area contributed by atoms with E-state index in [4.69, 9.17) is 5.84 Å². The lowest BCUT2D eigenvalue weighted by Gasteiger charge is -2.21. The van der Waals surface area contributed by atoms with Crippen molar-refractivity contribution in [3.05, 3.63) is 17.7 Å². The van der Waals surface area contributed by atoms with Crippen LogP contribution in [-0.4, -0.2) is 33.9 Å².